The second kappa shape index (κ2) is 5.38. The van der Waals surface area contributed by atoms with Crippen molar-refractivity contribution in [2.24, 2.45) is 5.73 Å². The van der Waals surface area contributed by atoms with Gasteiger partial charge in [0.1, 0.15) is 12.2 Å². The van der Waals surface area contributed by atoms with E-state index in [-0.39, 0.29) is 31.8 Å². The fourth-order valence-electron chi connectivity index (χ4n) is 1.79. The first-order valence-electron chi connectivity index (χ1n) is 4.89. The standard InChI is InChI=1S/C8H18N4O3/c1-10-7-6(9)8(15)12(3-5-14)11(7)2-4-13/h6-7,10,13-14H,2-5,9H2,1H3. The van der Waals surface area contributed by atoms with Crippen molar-refractivity contribution in [1.29, 1.82) is 0 Å². The molecule has 1 rings (SSSR count). The summed E-state index contributed by atoms with van der Waals surface area (Å²) in [6.07, 6.45) is -0.323. The number of amides is 1. The monoisotopic (exact) mass is 218 g/mol. The van der Waals surface area contributed by atoms with Crippen LogP contribution in [0.3, 0.4) is 0 Å². The maximum Gasteiger partial charge on any atom is 0.256 e. The number of nitrogens with zero attached hydrogens (tertiary/aromatic N) is 2. The van der Waals surface area contributed by atoms with Crippen LogP contribution < -0.4 is 11.1 Å². The summed E-state index contributed by atoms with van der Waals surface area (Å²) in [5, 5.41) is 23.7. The SMILES string of the molecule is CNC1C(N)C(=O)N(CCO)N1CCO. The number of aliphatic hydroxyl groups excluding tert-OH is 2. The van der Waals surface area contributed by atoms with Crippen LogP contribution in [0.25, 0.3) is 0 Å². The maximum absolute atomic E-state index is 11.7. The quantitative estimate of drug-likeness (QED) is 0.390. The van der Waals surface area contributed by atoms with E-state index in [0.29, 0.717) is 6.54 Å². The Morgan fingerprint density at radius 2 is 2.00 bits per heavy atom. The van der Waals surface area contributed by atoms with Gasteiger partial charge < -0.3 is 21.3 Å². The number of β-amino-alcohol motifs (C(OH)–C–C–N with tert-alkyl or cyclic N) is 2. The molecule has 0 aromatic heterocycles. The topological polar surface area (TPSA) is 102 Å². The highest BCUT2D eigenvalue weighted by Gasteiger charge is 2.43. The van der Waals surface area contributed by atoms with Crippen LogP contribution in [0.1, 0.15) is 0 Å². The molecule has 1 heterocycles. The highest BCUT2D eigenvalue weighted by atomic mass is 16.3. The highest BCUT2D eigenvalue weighted by molar-refractivity contribution is 5.84. The second-order valence-corrected chi connectivity index (χ2v) is 3.33. The molecule has 2 atom stereocenters. The number of nitrogens with one attached hydrogen (secondary N) is 1. The summed E-state index contributed by atoms with van der Waals surface area (Å²) < 4.78 is 0. The predicted molar refractivity (Wildman–Crippen MR) is 53.4 cm³/mol. The molecule has 0 spiro atoms. The zero-order valence-electron chi connectivity index (χ0n) is 8.76. The van der Waals surface area contributed by atoms with Crippen LogP contribution in [0.5, 0.6) is 0 Å². The first kappa shape index (κ1) is 12.3. The van der Waals surface area contributed by atoms with Crippen molar-refractivity contribution in [1.82, 2.24) is 15.3 Å². The number of hydrazine groups is 1. The molecule has 1 amide bonds. The molecule has 7 nitrogen and oxygen atoms in total. The number of aliphatic hydroxyl groups is 2. The van der Waals surface area contributed by atoms with E-state index < -0.39 is 6.04 Å². The van der Waals surface area contributed by atoms with Crippen LogP contribution in [0.4, 0.5) is 0 Å². The number of carbonyl (C=O) groups excluding carboxylic acids is 1. The highest BCUT2D eigenvalue weighted by Crippen LogP contribution is 2.16. The normalized spacial score (nSPS) is 27.7. The molecule has 5 N–H and O–H groups in total. The average Bonchev–Trinajstić information content (AvgIpc) is 2.44. The molecule has 0 aromatic rings. The Morgan fingerprint density at radius 1 is 1.40 bits per heavy atom. The minimum atomic E-state index is -0.659. The molecule has 1 fully saturated rings. The van der Waals surface area contributed by atoms with Crippen LogP contribution in [0, 0.1) is 0 Å². The van der Waals surface area contributed by atoms with Crippen molar-refractivity contribution in [2.75, 3.05) is 33.4 Å². The number of rotatable bonds is 5. The van der Waals surface area contributed by atoms with Crippen LogP contribution in [-0.2, 0) is 4.79 Å². The minimum Gasteiger partial charge on any atom is -0.395 e. The molecule has 7 heteroatoms. The maximum atomic E-state index is 11.7. The van der Waals surface area contributed by atoms with Gasteiger partial charge in [0.2, 0.25) is 0 Å². The van der Waals surface area contributed by atoms with Gasteiger partial charge >= 0.3 is 0 Å². The fourth-order valence-corrected chi connectivity index (χ4v) is 1.79. The van der Waals surface area contributed by atoms with Gasteiger partial charge in [-0.15, -0.1) is 0 Å². The second-order valence-electron chi connectivity index (χ2n) is 3.33. The molecule has 15 heavy (non-hydrogen) atoms. The third-order valence-electron chi connectivity index (χ3n) is 2.45. The Balaban J connectivity index is 2.78. The van der Waals surface area contributed by atoms with Gasteiger partial charge in [-0.1, -0.05) is 0 Å². The van der Waals surface area contributed by atoms with Crippen LogP contribution in [-0.4, -0.2) is 71.7 Å². The van der Waals surface area contributed by atoms with Gasteiger partial charge in [-0.05, 0) is 7.05 Å². The molecule has 1 aliphatic heterocycles. The molecular formula is C8H18N4O3. The lowest BCUT2D eigenvalue weighted by molar-refractivity contribution is -0.141. The molecule has 0 bridgehead atoms. The predicted octanol–water partition coefficient (Wildman–Crippen LogP) is -3.10. The van der Waals surface area contributed by atoms with E-state index in [0.717, 1.165) is 0 Å². The van der Waals surface area contributed by atoms with Crippen molar-refractivity contribution in [3.63, 3.8) is 0 Å². The molecular weight excluding hydrogens is 200 g/mol. The van der Waals surface area contributed by atoms with Gasteiger partial charge in [-0.2, -0.15) is 5.01 Å². The summed E-state index contributed by atoms with van der Waals surface area (Å²) in [6, 6.07) is -0.659. The summed E-state index contributed by atoms with van der Waals surface area (Å²) >= 11 is 0. The van der Waals surface area contributed by atoms with Crippen molar-refractivity contribution in [2.45, 2.75) is 12.2 Å². The Hall–Kier alpha value is -0.730. The zero-order valence-corrected chi connectivity index (χ0v) is 8.76. The third kappa shape index (κ3) is 2.27. The van der Waals surface area contributed by atoms with Gasteiger partial charge in [-0.25, -0.2) is 0 Å². The van der Waals surface area contributed by atoms with E-state index in [4.69, 9.17) is 15.9 Å². The smallest absolute Gasteiger partial charge is 0.256 e. The number of likely N-dealkylation sites (N-methyl/N-ethyl adjacent to an activating group) is 1. The van der Waals surface area contributed by atoms with Crippen LogP contribution in [0.15, 0.2) is 0 Å². The number of hydrogen-bond acceptors (Lipinski definition) is 6. The van der Waals surface area contributed by atoms with E-state index in [9.17, 15) is 4.79 Å². The number of carbonyl (C=O) groups is 1. The van der Waals surface area contributed by atoms with E-state index in [1.165, 1.54) is 5.01 Å². The minimum absolute atomic E-state index is 0.0693. The van der Waals surface area contributed by atoms with Gasteiger partial charge in [0.05, 0.1) is 19.8 Å². The van der Waals surface area contributed by atoms with E-state index >= 15 is 0 Å². The van der Waals surface area contributed by atoms with Crippen LogP contribution in [0.2, 0.25) is 0 Å². The van der Waals surface area contributed by atoms with E-state index in [2.05, 4.69) is 5.32 Å². The Morgan fingerprint density at radius 3 is 2.47 bits per heavy atom. The first-order chi connectivity index (χ1) is 7.17. The Labute approximate surface area is 88.4 Å². The summed E-state index contributed by atoms with van der Waals surface area (Å²) in [4.78, 5) is 11.7. The molecule has 0 aromatic carbocycles. The average molecular weight is 218 g/mol. The molecule has 0 aliphatic carbocycles. The summed E-state index contributed by atoms with van der Waals surface area (Å²) in [7, 11) is 1.70. The van der Waals surface area contributed by atoms with Crippen molar-refractivity contribution >= 4 is 5.91 Å². The molecule has 0 saturated carbocycles. The lowest BCUT2D eigenvalue weighted by Gasteiger charge is -2.30. The van der Waals surface area contributed by atoms with Gasteiger partial charge in [0, 0.05) is 6.54 Å². The fraction of sp³-hybridized carbons (Fsp3) is 0.875. The van der Waals surface area contributed by atoms with E-state index in [1.807, 2.05) is 0 Å². The lowest BCUT2D eigenvalue weighted by atomic mass is 10.2. The van der Waals surface area contributed by atoms with Crippen molar-refractivity contribution < 1.29 is 15.0 Å². The summed E-state index contributed by atoms with van der Waals surface area (Å²) in [5.41, 5.74) is 5.72. The number of hydrogen-bond donors (Lipinski definition) is 4. The Kier molecular flexibility index (Phi) is 4.43. The zero-order chi connectivity index (χ0) is 11.4. The van der Waals surface area contributed by atoms with Crippen molar-refractivity contribution in [3.05, 3.63) is 0 Å². The molecule has 2 unspecified atom stereocenters. The molecule has 1 aliphatic rings. The first-order valence-corrected chi connectivity index (χ1v) is 4.89. The number of nitrogens with two attached hydrogens (primary N) is 1. The van der Waals surface area contributed by atoms with Crippen LogP contribution >= 0.6 is 0 Å². The largest absolute Gasteiger partial charge is 0.395 e. The van der Waals surface area contributed by atoms with E-state index in [1.54, 1.807) is 12.1 Å². The van der Waals surface area contributed by atoms with Gasteiger partial charge in [0.25, 0.3) is 5.91 Å². The molecule has 88 valence electrons. The summed E-state index contributed by atoms with van der Waals surface area (Å²) in [6.45, 7) is 0.312. The summed E-state index contributed by atoms with van der Waals surface area (Å²) in [5.74, 6) is -0.239. The Bertz CT molecular complexity index is 226. The van der Waals surface area contributed by atoms with Crippen molar-refractivity contribution in [3.8, 4) is 0 Å². The lowest BCUT2D eigenvalue weighted by Crippen LogP contribution is -2.52. The molecule has 0 radical (unpaired) electrons. The molecule has 1 saturated heterocycles. The third-order valence-corrected chi connectivity index (χ3v) is 2.45. The van der Waals surface area contributed by atoms with Gasteiger partial charge in [-0.3, -0.25) is 9.80 Å². The van der Waals surface area contributed by atoms with Gasteiger partial charge in [0.15, 0.2) is 0 Å².